The average Bonchev–Trinajstić information content (AvgIpc) is 2.53. The average molecular weight is 384 g/mol. The van der Waals surface area contributed by atoms with E-state index in [-0.39, 0.29) is 29.6 Å². The maximum atomic E-state index is 12.8. The van der Waals surface area contributed by atoms with Crippen molar-refractivity contribution in [1.29, 1.82) is 0 Å². The maximum absolute atomic E-state index is 12.8. The van der Waals surface area contributed by atoms with Crippen LogP contribution in [0.3, 0.4) is 0 Å². The van der Waals surface area contributed by atoms with Gasteiger partial charge in [0.15, 0.2) is 0 Å². The van der Waals surface area contributed by atoms with Crippen LogP contribution in [-0.4, -0.2) is 35.8 Å². The number of hydrogen-bond donors (Lipinski definition) is 1. The summed E-state index contributed by atoms with van der Waals surface area (Å²) in [5.74, 6) is -3.58. The first-order valence-corrected chi connectivity index (χ1v) is 10.1. The molecule has 2 aliphatic rings. The van der Waals surface area contributed by atoms with Crippen LogP contribution < -0.4 is 34.7 Å². The number of carbonyl (C=O) groups is 2. The van der Waals surface area contributed by atoms with Crippen molar-refractivity contribution in [2.24, 2.45) is 5.92 Å². The van der Waals surface area contributed by atoms with E-state index in [1.807, 2.05) is 0 Å². The van der Waals surface area contributed by atoms with Crippen LogP contribution in [0.2, 0.25) is 0 Å². The predicted octanol–water partition coefficient (Wildman–Crippen LogP) is -1.79. The van der Waals surface area contributed by atoms with Gasteiger partial charge in [-0.15, -0.1) is 0 Å². The summed E-state index contributed by atoms with van der Waals surface area (Å²) in [7, 11) is -4.97. The van der Waals surface area contributed by atoms with E-state index in [0.717, 1.165) is 25.7 Å². The normalized spacial score (nSPS) is 22.4. The molecule has 1 N–H and O–H groups in total. The van der Waals surface area contributed by atoms with Crippen molar-refractivity contribution < 1.29 is 62.0 Å². The summed E-state index contributed by atoms with van der Waals surface area (Å²) in [6, 6.07) is 0. The smallest absolute Gasteiger partial charge is 0.550 e. The number of carboxylic acid groups (broad SMARTS) is 1. The van der Waals surface area contributed by atoms with Gasteiger partial charge < -0.3 is 14.6 Å². The van der Waals surface area contributed by atoms with Crippen LogP contribution in [0.1, 0.15) is 70.6 Å². The molecule has 0 aromatic heterocycles. The molecule has 0 heterocycles. The number of aliphatic carboxylic acids is 1. The van der Waals surface area contributed by atoms with Crippen LogP contribution in [0, 0.1) is 5.92 Å². The third kappa shape index (κ3) is 5.42. The minimum Gasteiger partial charge on any atom is -0.550 e. The van der Waals surface area contributed by atoms with E-state index in [9.17, 15) is 27.7 Å². The maximum Gasteiger partial charge on any atom is 1.00 e. The Labute approximate surface area is 170 Å². The van der Waals surface area contributed by atoms with Crippen LogP contribution in [0.5, 0.6) is 0 Å². The van der Waals surface area contributed by atoms with E-state index < -0.39 is 45.2 Å². The third-order valence-corrected chi connectivity index (χ3v) is 6.87. The Morgan fingerprint density at radius 1 is 1.00 bits per heavy atom. The van der Waals surface area contributed by atoms with E-state index in [4.69, 9.17) is 4.74 Å². The van der Waals surface area contributed by atoms with Gasteiger partial charge in [0, 0.05) is 12.4 Å². The molecule has 0 amide bonds. The van der Waals surface area contributed by atoms with Gasteiger partial charge in [0.25, 0.3) is 10.1 Å². The molecule has 2 saturated carbocycles. The number of hydrogen-bond acceptors (Lipinski definition) is 6. The Balaban J connectivity index is 0.00000312. The molecule has 7 nitrogen and oxygen atoms in total. The summed E-state index contributed by atoms with van der Waals surface area (Å²) < 4.78 is 37.0. The molecule has 138 valence electrons. The molecule has 0 bridgehead atoms. The fraction of sp³-hybridized carbons (Fsp3) is 0.875. The van der Waals surface area contributed by atoms with Crippen molar-refractivity contribution >= 4 is 22.1 Å². The minimum absolute atomic E-state index is 0. The summed E-state index contributed by atoms with van der Waals surface area (Å²) in [6.45, 7) is 0. The number of carbonyl (C=O) groups excluding carboxylic acids is 2. The fourth-order valence-corrected chi connectivity index (χ4v) is 5.22. The molecule has 0 saturated heterocycles. The molecular formula is C16H25NaO7S. The number of ether oxygens (including phenoxy) is 1. The van der Waals surface area contributed by atoms with Crippen molar-refractivity contribution in [3.8, 4) is 0 Å². The van der Waals surface area contributed by atoms with Gasteiger partial charge in [-0.25, -0.2) is 0 Å². The Kier molecular flexibility index (Phi) is 8.87. The summed E-state index contributed by atoms with van der Waals surface area (Å²) in [5, 5.41) is 11.2. The number of carboxylic acids is 1. The second-order valence-electron chi connectivity index (χ2n) is 6.91. The van der Waals surface area contributed by atoms with Crippen LogP contribution in [0.15, 0.2) is 0 Å². The van der Waals surface area contributed by atoms with E-state index >= 15 is 0 Å². The molecule has 25 heavy (non-hydrogen) atoms. The molecular weight excluding hydrogens is 359 g/mol. The summed E-state index contributed by atoms with van der Waals surface area (Å²) >= 11 is 0. The summed E-state index contributed by atoms with van der Waals surface area (Å²) in [4.78, 5) is 24.0. The fourth-order valence-electron chi connectivity index (χ4n) is 4.01. The molecule has 0 radical (unpaired) electrons. The van der Waals surface area contributed by atoms with Gasteiger partial charge in [-0.2, -0.15) is 8.42 Å². The molecule has 1 atom stereocenters. The van der Waals surface area contributed by atoms with E-state index in [1.165, 1.54) is 0 Å². The number of rotatable bonds is 6. The predicted molar refractivity (Wildman–Crippen MR) is 83.4 cm³/mol. The molecule has 9 heteroatoms. The standard InChI is InChI=1S/C16H26O7S.Na/c17-14(18)11-16(24(20,21)22,12-7-3-1-4-8-12)15(19)23-13-9-5-2-6-10-13;/h12-13H,1-11H2,(H,17,18)(H,20,21,22);/q;+1/p-1. The van der Waals surface area contributed by atoms with Gasteiger partial charge in [-0.1, -0.05) is 25.7 Å². The van der Waals surface area contributed by atoms with Gasteiger partial charge in [-0.05, 0) is 44.4 Å². The molecule has 0 aromatic rings. The topological polar surface area (TPSA) is 121 Å². The first-order chi connectivity index (χ1) is 11.3. The number of esters is 1. The van der Waals surface area contributed by atoms with Gasteiger partial charge in [0.2, 0.25) is 4.75 Å². The third-order valence-electron chi connectivity index (χ3n) is 5.30. The molecule has 0 spiro atoms. The van der Waals surface area contributed by atoms with Crippen molar-refractivity contribution in [2.75, 3.05) is 0 Å². The summed E-state index contributed by atoms with van der Waals surface area (Å²) in [5.41, 5.74) is 0. The van der Waals surface area contributed by atoms with Gasteiger partial charge in [-0.3, -0.25) is 9.35 Å². The van der Waals surface area contributed by atoms with Gasteiger partial charge >= 0.3 is 35.5 Å². The van der Waals surface area contributed by atoms with Gasteiger partial charge in [0.1, 0.15) is 6.10 Å². The Hall–Kier alpha value is -0.150. The van der Waals surface area contributed by atoms with Crippen LogP contribution >= 0.6 is 0 Å². The SMILES string of the molecule is O=C([O-])CC(C(=O)OC1CCCCC1)(C1CCCCC1)S(=O)(=O)O.[Na+]. The molecule has 2 fully saturated rings. The molecule has 1 unspecified atom stereocenters. The van der Waals surface area contributed by atoms with E-state index in [2.05, 4.69) is 0 Å². The van der Waals surface area contributed by atoms with E-state index in [0.29, 0.717) is 38.5 Å². The Morgan fingerprint density at radius 3 is 1.92 bits per heavy atom. The Morgan fingerprint density at radius 2 is 1.48 bits per heavy atom. The second kappa shape index (κ2) is 9.69. The zero-order valence-corrected chi connectivity index (χ0v) is 17.6. The zero-order valence-electron chi connectivity index (χ0n) is 14.7. The van der Waals surface area contributed by atoms with Crippen molar-refractivity contribution in [3.05, 3.63) is 0 Å². The molecule has 2 aliphatic carbocycles. The van der Waals surface area contributed by atoms with Crippen LogP contribution in [0.25, 0.3) is 0 Å². The quantitative estimate of drug-likeness (QED) is 0.326. The zero-order chi connectivity index (χ0) is 17.8. The molecule has 2 rings (SSSR count). The van der Waals surface area contributed by atoms with E-state index in [1.54, 1.807) is 0 Å². The minimum atomic E-state index is -4.97. The largest absolute Gasteiger partial charge is 1.00 e. The monoisotopic (exact) mass is 384 g/mol. The Bertz CT molecular complexity index is 565. The molecule has 0 aliphatic heterocycles. The summed E-state index contributed by atoms with van der Waals surface area (Å²) in [6.07, 6.45) is 5.55. The first kappa shape index (κ1) is 22.9. The first-order valence-electron chi connectivity index (χ1n) is 8.65. The van der Waals surface area contributed by atoms with Gasteiger partial charge in [0.05, 0.1) is 0 Å². The second-order valence-corrected chi connectivity index (χ2v) is 8.59. The van der Waals surface area contributed by atoms with Crippen molar-refractivity contribution in [2.45, 2.75) is 81.5 Å². The van der Waals surface area contributed by atoms with Crippen molar-refractivity contribution in [3.63, 3.8) is 0 Å². The van der Waals surface area contributed by atoms with Crippen LogP contribution in [0.4, 0.5) is 0 Å². The van der Waals surface area contributed by atoms with Crippen molar-refractivity contribution in [1.82, 2.24) is 0 Å². The van der Waals surface area contributed by atoms with Crippen LogP contribution in [-0.2, 0) is 24.4 Å². The molecule has 0 aromatic carbocycles.